The van der Waals surface area contributed by atoms with Crippen LogP contribution in [0.4, 0.5) is 0 Å². The van der Waals surface area contributed by atoms with Gasteiger partial charge in [-0.05, 0) is 24.3 Å². The Hall–Kier alpha value is -1.22. The Labute approximate surface area is 71.0 Å². The number of rotatable bonds is 3. The normalized spacial score (nSPS) is 18.5. The quantitative estimate of drug-likeness (QED) is 0.270. The third-order valence-electron chi connectivity index (χ3n) is 2.20. The van der Waals surface area contributed by atoms with Crippen LogP contribution in [0.1, 0.15) is 12.8 Å². The molecule has 1 fully saturated rings. The van der Waals surface area contributed by atoms with E-state index in [0.717, 1.165) is 32.3 Å². The number of carbonyl (C=O) groups excluding carboxylic acids is 1. The van der Waals surface area contributed by atoms with Gasteiger partial charge < -0.3 is 4.90 Å². The van der Waals surface area contributed by atoms with Crippen LogP contribution in [0.15, 0.2) is 5.11 Å². The Bertz CT molecular complexity index is 192. The summed E-state index contributed by atoms with van der Waals surface area (Å²) >= 11 is 0. The fraction of sp³-hybridized carbons (Fsp3) is 0.857. The molecule has 5 nitrogen and oxygen atoms in total. The first-order chi connectivity index (χ1) is 5.86. The van der Waals surface area contributed by atoms with E-state index in [2.05, 4.69) is 10.0 Å². The Kier molecular flexibility index (Phi) is 3.41. The fourth-order valence-electron chi connectivity index (χ4n) is 1.39. The van der Waals surface area contributed by atoms with Gasteiger partial charge >= 0.3 is 0 Å². The molecule has 5 heteroatoms. The summed E-state index contributed by atoms with van der Waals surface area (Å²) in [7, 11) is 0. The molecule has 0 spiro atoms. The lowest BCUT2D eigenvalue weighted by Gasteiger charge is -2.27. The summed E-state index contributed by atoms with van der Waals surface area (Å²) in [6, 6.07) is 0. The zero-order chi connectivity index (χ0) is 8.81. The van der Waals surface area contributed by atoms with Gasteiger partial charge in [0, 0.05) is 24.5 Å². The van der Waals surface area contributed by atoms with Gasteiger partial charge in [0.1, 0.15) is 0 Å². The topological polar surface area (TPSA) is 69.1 Å². The summed E-state index contributed by atoms with van der Waals surface area (Å²) < 4.78 is 0. The van der Waals surface area contributed by atoms with E-state index in [1.54, 1.807) is 4.90 Å². The van der Waals surface area contributed by atoms with Gasteiger partial charge in [0.15, 0.2) is 0 Å². The van der Waals surface area contributed by atoms with Crippen LogP contribution in [0.5, 0.6) is 0 Å². The summed E-state index contributed by atoms with van der Waals surface area (Å²) in [4.78, 5) is 14.8. The number of nitrogens with zero attached hydrogens (tertiary/aromatic N) is 4. The molecule has 0 saturated carbocycles. The van der Waals surface area contributed by atoms with Gasteiger partial charge in [-0.25, -0.2) is 0 Å². The molecule has 0 aromatic carbocycles. The first kappa shape index (κ1) is 8.87. The number of piperidine rings is 1. The fourth-order valence-corrected chi connectivity index (χ4v) is 1.39. The second kappa shape index (κ2) is 4.62. The minimum atomic E-state index is 0.470. The second-order valence-electron chi connectivity index (χ2n) is 3.00. The van der Waals surface area contributed by atoms with Crippen molar-refractivity contribution in [2.75, 3.05) is 19.6 Å². The van der Waals surface area contributed by atoms with Crippen LogP contribution in [-0.4, -0.2) is 30.9 Å². The number of hydrogen-bond acceptors (Lipinski definition) is 2. The van der Waals surface area contributed by atoms with E-state index in [0.29, 0.717) is 12.5 Å². The second-order valence-corrected chi connectivity index (χ2v) is 3.00. The van der Waals surface area contributed by atoms with Gasteiger partial charge in [0.05, 0.1) is 0 Å². The average molecular weight is 168 g/mol. The highest BCUT2D eigenvalue weighted by Crippen LogP contribution is 2.15. The van der Waals surface area contributed by atoms with Gasteiger partial charge in [0.2, 0.25) is 6.41 Å². The van der Waals surface area contributed by atoms with Crippen molar-refractivity contribution in [1.29, 1.82) is 0 Å². The number of hydrogen-bond donors (Lipinski definition) is 0. The Morgan fingerprint density at radius 1 is 1.58 bits per heavy atom. The molecule has 0 atom stereocenters. The molecule has 0 N–H and O–H groups in total. The maximum Gasteiger partial charge on any atom is 0.209 e. The van der Waals surface area contributed by atoms with Crippen molar-refractivity contribution in [2.24, 2.45) is 11.0 Å². The highest BCUT2D eigenvalue weighted by Gasteiger charge is 2.16. The van der Waals surface area contributed by atoms with Crippen molar-refractivity contribution in [3.63, 3.8) is 0 Å². The lowest BCUT2D eigenvalue weighted by atomic mass is 9.98. The standard InChI is InChI=1S/C7H12N4O/c8-10-9-5-7-1-3-11(6-12)4-2-7/h6-7H,1-5H2. The molecule has 1 heterocycles. The molecule has 1 saturated heterocycles. The summed E-state index contributed by atoms with van der Waals surface area (Å²) in [6.45, 7) is 2.17. The average Bonchev–Trinajstić information content (AvgIpc) is 2.15. The molecule has 0 bridgehead atoms. The summed E-state index contributed by atoms with van der Waals surface area (Å²) in [5, 5.41) is 3.52. The van der Waals surface area contributed by atoms with Crippen LogP contribution in [-0.2, 0) is 4.79 Å². The monoisotopic (exact) mass is 168 g/mol. The molecular weight excluding hydrogens is 156 g/mol. The predicted molar refractivity (Wildman–Crippen MR) is 44.4 cm³/mol. The zero-order valence-electron chi connectivity index (χ0n) is 6.89. The van der Waals surface area contributed by atoms with Crippen LogP contribution in [0.2, 0.25) is 0 Å². The van der Waals surface area contributed by atoms with E-state index in [9.17, 15) is 4.79 Å². The third kappa shape index (κ3) is 2.43. The lowest BCUT2D eigenvalue weighted by molar-refractivity contribution is -0.119. The number of amides is 1. The highest BCUT2D eigenvalue weighted by atomic mass is 16.1. The predicted octanol–water partition coefficient (Wildman–Crippen LogP) is 1.17. The molecule has 1 aliphatic heterocycles. The molecule has 0 aromatic rings. The summed E-state index contributed by atoms with van der Waals surface area (Å²) in [6.07, 6.45) is 2.79. The van der Waals surface area contributed by atoms with E-state index in [-0.39, 0.29) is 0 Å². The van der Waals surface area contributed by atoms with Crippen molar-refractivity contribution in [2.45, 2.75) is 12.8 Å². The minimum absolute atomic E-state index is 0.470. The van der Waals surface area contributed by atoms with E-state index in [1.807, 2.05) is 0 Å². The number of carbonyl (C=O) groups is 1. The molecular formula is C7H12N4O. The van der Waals surface area contributed by atoms with Crippen molar-refractivity contribution in [1.82, 2.24) is 4.90 Å². The van der Waals surface area contributed by atoms with Gasteiger partial charge in [-0.2, -0.15) is 0 Å². The summed E-state index contributed by atoms with van der Waals surface area (Å²) in [5.41, 5.74) is 8.09. The Balaban J connectivity index is 2.25. The van der Waals surface area contributed by atoms with Gasteiger partial charge in [0.25, 0.3) is 0 Å². The smallest absolute Gasteiger partial charge is 0.209 e. The maximum atomic E-state index is 10.3. The molecule has 0 aromatic heterocycles. The molecule has 1 amide bonds. The van der Waals surface area contributed by atoms with Crippen LogP contribution in [0.3, 0.4) is 0 Å². The van der Waals surface area contributed by atoms with Crippen LogP contribution < -0.4 is 0 Å². The Morgan fingerprint density at radius 2 is 2.25 bits per heavy atom. The molecule has 66 valence electrons. The highest BCUT2D eigenvalue weighted by molar-refractivity contribution is 5.47. The zero-order valence-corrected chi connectivity index (χ0v) is 6.89. The first-order valence-corrected chi connectivity index (χ1v) is 4.07. The number of azide groups is 1. The SMILES string of the molecule is [N-]=[N+]=NCC1CCN(C=O)CC1. The Morgan fingerprint density at radius 3 is 2.75 bits per heavy atom. The van der Waals surface area contributed by atoms with E-state index in [4.69, 9.17) is 5.53 Å². The largest absolute Gasteiger partial charge is 0.345 e. The molecule has 12 heavy (non-hydrogen) atoms. The molecule has 0 radical (unpaired) electrons. The van der Waals surface area contributed by atoms with Gasteiger partial charge in [-0.3, -0.25) is 4.79 Å². The maximum absolute atomic E-state index is 10.3. The van der Waals surface area contributed by atoms with E-state index in [1.165, 1.54) is 0 Å². The van der Waals surface area contributed by atoms with Crippen molar-refractivity contribution in [3.05, 3.63) is 10.4 Å². The molecule has 1 rings (SSSR count). The van der Waals surface area contributed by atoms with Crippen LogP contribution >= 0.6 is 0 Å². The number of likely N-dealkylation sites (tertiary alicyclic amines) is 1. The van der Waals surface area contributed by atoms with Gasteiger partial charge in [-0.15, -0.1) is 0 Å². The van der Waals surface area contributed by atoms with E-state index < -0.39 is 0 Å². The van der Waals surface area contributed by atoms with Crippen LogP contribution in [0, 0.1) is 5.92 Å². The van der Waals surface area contributed by atoms with Crippen molar-refractivity contribution >= 4 is 6.41 Å². The third-order valence-corrected chi connectivity index (χ3v) is 2.20. The lowest BCUT2D eigenvalue weighted by Crippen LogP contribution is -2.33. The summed E-state index contributed by atoms with van der Waals surface area (Å²) in [5.74, 6) is 0.470. The minimum Gasteiger partial charge on any atom is -0.345 e. The van der Waals surface area contributed by atoms with Crippen molar-refractivity contribution in [3.8, 4) is 0 Å². The first-order valence-electron chi connectivity index (χ1n) is 4.07. The van der Waals surface area contributed by atoms with Crippen LogP contribution in [0.25, 0.3) is 10.4 Å². The molecule has 0 unspecified atom stereocenters. The molecule has 1 aliphatic rings. The van der Waals surface area contributed by atoms with Crippen molar-refractivity contribution < 1.29 is 4.79 Å². The molecule has 0 aliphatic carbocycles. The van der Waals surface area contributed by atoms with Gasteiger partial charge in [-0.1, -0.05) is 5.11 Å². The van der Waals surface area contributed by atoms with E-state index >= 15 is 0 Å².